The highest BCUT2D eigenvalue weighted by molar-refractivity contribution is 6.01. The second-order valence-corrected chi connectivity index (χ2v) is 8.35. The molecule has 1 amide bonds. The molecule has 1 saturated carbocycles. The lowest BCUT2D eigenvalue weighted by atomic mass is 10.1. The maximum absolute atomic E-state index is 13.0. The first kappa shape index (κ1) is 21.1. The van der Waals surface area contributed by atoms with Gasteiger partial charge in [-0.2, -0.15) is 0 Å². The summed E-state index contributed by atoms with van der Waals surface area (Å²) >= 11 is 0. The fourth-order valence-corrected chi connectivity index (χ4v) is 3.94. The Morgan fingerprint density at radius 2 is 2.09 bits per heavy atom. The Kier molecular flexibility index (Phi) is 5.77. The second-order valence-electron chi connectivity index (χ2n) is 8.35. The number of aliphatic imine (C=N–C) groups is 2. The molecule has 2 N–H and O–H groups in total. The van der Waals surface area contributed by atoms with E-state index in [4.69, 9.17) is 0 Å². The molecule has 33 heavy (non-hydrogen) atoms. The van der Waals surface area contributed by atoms with Crippen molar-refractivity contribution in [3.63, 3.8) is 0 Å². The zero-order valence-corrected chi connectivity index (χ0v) is 18.6. The SMILES string of the molecule is C[N+]1=C([C@@H](NC(=O)c2cccc(NCC3=[N+](C)/C(=C4\[CH]C=NC=C4)N=N3)c2)C2CC2)N=C[CH]1. The lowest BCUT2D eigenvalue weighted by Gasteiger charge is -2.15. The van der Waals surface area contributed by atoms with Crippen LogP contribution in [0.5, 0.6) is 0 Å². The summed E-state index contributed by atoms with van der Waals surface area (Å²) in [6.45, 7) is 2.39. The predicted molar refractivity (Wildman–Crippen MR) is 128 cm³/mol. The molecule has 4 aliphatic rings. The number of anilines is 1. The summed E-state index contributed by atoms with van der Waals surface area (Å²) in [6.07, 6.45) is 11.3. The third-order valence-corrected chi connectivity index (χ3v) is 6.00. The Morgan fingerprint density at radius 3 is 2.82 bits per heavy atom. The summed E-state index contributed by atoms with van der Waals surface area (Å²) in [5.74, 6) is 2.81. The minimum Gasteiger partial charge on any atom is -0.375 e. The maximum Gasteiger partial charge on any atom is 0.316 e. The maximum atomic E-state index is 13.0. The van der Waals surface area contributed by atoms with Crippen LogP contribution in [0.2, 0.25) is 0 Å². The minimum absolute atomic E-state index is 0.0700. The van der Waals surface area contributed by atoms with Gasteiger partial charge in [0.25, 0.3) is 5.91 Å². The first-order valence-corrected chi connectivity index (χ1v) is 11.0. The van der Waals surface area contributed by atoms with Gasteiger partial charge in [0.05, 0.1) is 24.3 Å². The smallest absolute Gasteiger partial charge is 0.316 e. The molecule has 5 rings (SSSR count). The van der Waals surface area contributed by atoms with Gasteiger partial charge in [0.2, 0.25) is 6.54 Å². The second kappa shape index (κ2) is 9.01. The topological polar surface area (TPSA) is 96.6 Å². The number of benzene rings is 1. The molecule has 1 aromatic rings. The number of carbonyl (C=O) groups excluding carboxylic acids is 1. The van der Waals surface area contributed by atoms with Crippen LogP contribution in [0.25, 0.3) is 0 Å². The van der Waals surface area contributed by atoms with Crippen molar-refractivity contribution in [3.8, 4) is 0 Å². The van der Waals surface area contributed by atoms with Crippen LogP contribution in [0.15, 0.2) is 68.1 Å². The largest absolute Gasteiger partial charge is 0.375 e. The van der Waals surface area contributed by atoms with Crippen molar-refractivity contribution in [2.45, 2.75) is 18.9 Å². The lowest BCUT2D eigenvalue weighted by molar-refractivity contribution is -0.442. The zero-order valence-electron chi connectivity index (χ0n) is 18.6. The van der Waals surface area contributed by atoms with E-state index in [0.29, 0.717) is 18.0 Å². The molecule has 0 bridgehead atoms. The highest BCUT2D eigenvalue weighted by Crippen LogP contribution is 2.34. The summed E-state index contributed by atoms with van der Waals surface area (Å²) in [4.78, 5) is 21.5. The number of hydrogen-bond acceptors (Lipinski definition) is 6. The van der Waals surface area contributed by atoms with Gasteiger partial charge >= 0.3 is 17.5 Å². The summed E-state index contributed by atoms with van der Waals surface area (Å²) in [5.41, 5.74) is 2.41. The van der Waals surface area contributed by atoms with Crippen molar-refractivity contribution in [1.82, 2.24) is 5.32 Å². The Bertz CT molecular complexity index is 1200. The fraction of sp³-hybridized carbons (Fsp3) is 0.292. The molecule has 9 nitrogen and oxygen atoms in total. The van der Waals surface area contributed by atoms with Gasteiger partial charge in [0.1, 0.15) is 12.6 Å². The Balaban J connectivity index is 1.26. The molecular formula is C24H26N8O+2. The molecule has 3 heterocycles. The van der Waals surface area contributed by atoms with Gasteiger partial charge in [-0.1, -0.05) is 11.1 Å². The van der Waals surface area contributed by atoms with Crippen molar-refractivity contribution in [3.05, 3.63) is 66.5 Å². The van der Waals surface area contributed by atoms with Crippen molar-refractivity contribution < 1.29 is 13.9 Å². The van der Waals surface area contributed by atoms with Gasteiger partial charge in [-0.3, -0.25) is 9.79 Å². The number of amidine groups is 2. The first-order valence-electron chi connectivity index (χ1n) is 11.0. The Hall–Kier alpha value is -3.75. The molecule has 0 saturated heterocycles. The third kappa shape index (κ3) is 4.57. The van der Waals surface area contributed by atoms with E-state index in [1.165, 1.54) is 0 Å². The molecular weight excluding hydrogens is 416 g/mol. The number of azo groups is 1. The number of nitrogens with one attached hydrogen (secondary N) is 2. The van der Waals surface area contributed by atoms with Crippen LogP contribution in [0, 0.1) is 18.9 Å². The van der Waals surface area contributed by atoms with Gasteiger partial charge in [-0.05, 0) is 43.0 Å². The number of allylic oxidation sites excluding steroid dienone is 2. The third-order valence-electron chi connectivity index (χ3n) is 6.00. The van der Waals surface area contributed by atoms with Crippen LogP contribution < -0.4 is 10.6 Å². The van der Waals surface area contributed by atoms with Crippen LogP contribution in [0.4, 0.5) is 5.69 Å². The highest BCUT2D eigenvalue weighted by Gasteiger charge is 2.41. The number of carbonyl (C=O) groups is 1. The van der Waals surface area contributed by atoms with E-state index in [0.717, 1.165) is 41.6 Å². The van der Waals surface area contributed by atoms with Crippen molar-refractivity contribution >= 4 is 35.7 Å². The molecule has 3 aliphatic heterocycles. The number of nitrogens with zero attached hydrogens (tertiary/aromatic N) is 6. The summed E-state index contributed by atoms with van der Waals surface area (Å²) in [7, 11) is 3.90. The summed E-state index contributed by atoms with van der Waals surface area (Å²) in [6, 6.07) is 7.43. The van der Waals surface area contributed by atoms with E-state index < -0.39 is 0 Å². The van der Waals surface area contributed by atoms with Crippen molar-refractivity contribution in [2.24, 2.45) is 26.1 Å². The normalized spacial score (nSPS) is 22.5. The van der Waals surface area contributed by atoms with Gasteiger partial charge in [-0.25, -0.2) is 9.15 Å². The van der Waals surface area contributed by atoms with Crippen LogP contribution in [0.1, 0.15) is 23.2 Å². The molecule has 1 atom stereocenters. The predicted octanol–water partition coefficient (Wildman–Crippen LogP) is 2.41. The molecule has 0 aromatic heterocycles. The van der Waals surface area contributed by atoms with Gasteiger partial charge in [0.15, 0.2) is 6.21 Å². The number of rotatable bonds is 7. The molecule has 1 fully saturated rings. The first-order chi connectivity index (χ1) is 16.1. The average Bonchev–Trinajstić information content (AvgIpc) is 3.50. The molecule has 1 aliphatic carbocycles. The molecule has 166 valence electrons. The Labute approximate surface area is 192 Å². The van der Waals surface area contributed by atoms with Gasteiger partial charge < -0.3 is 10.6 Å². The quantitative estimate of drug-likeness (QED) is 0.634. The minimum atomic E-state index is -0.0998. The standard InChI is InChI=1S/C24H25N8O/c1-31-13-12-26-23(31)21(16-6-7-16)28-24(33)18-4-3-5-19(14-18)27-15-20-29-30-22(32(20)2)17-8-10-25-11-9-17/h3-5,8-14,16,21,27H,6-7,15H2,1-2H3/q+1/p+1/t21-/m0/s1. The lowest BCUT2D eigenvalue weighted by Crippen LogP contribution is -2.43. The van der Waals surface area contributed by atoms with E-state index >= 15 is 0 Å². The van der Waals surface area contributed by atoms with Crippen molar-refractivity contribution in [1.29, 1.82) is 0 Å². The van der Waals surface area contributed by atoms with Crippen molar-refractivity contribution in [2.75, 3.05) is 26.0 Å². The van der Waals surface area contributed by atoms with E-state index in [-0.39, 0.29) is 11.9 Å². The summed E-state index contributed by atoms with van der Waals surface area (Å²) < 4.78 is 3.92. The molecule has 9 heteroatoms. The van der Waals surface area contributed by atoms with Gasteiger partial charge in [-0.15, -0.1) is 0 Å². The van der Waals surface area contributed by atoms with E-state index in [2.05, 4.69) is 30.8 Å². The van der Waals surface area contributed by atoms with Crippen LogP contribution in [0.3, 0.4) is 0 Å². The molecule has 0 spiro atoms. The van der Waals surface area contributed by atoms with Crippen LogP contribution in [-0.2, 0) is 0 Å². The van der Waals surface area contributed by atoms with Crippen LogP contribution >= 0.6 is 0 Å². The number of hydrogen-bond donors (Lipinski definition) is 2. The molecule has 2 radical (unpaired) electrons. The summed E-state index contributed by atoms with van der Waals surface area (Å²) in [5, 5.41) is 15.2. The average molecular weight is 443 g/mol. The highest BCUT2D eigenvalue weighted by atomic mass is 16.1. The number of amides is 1. The molecule has 0 unspecified atom stereocenters. The van der Waals surface area contributed by atoms with Crippen LogP contribution in [-0.4, -0.2) is 65.8 Å². The monoisotopic (exact) mass is 442 g/mol. The fourth-order valence-electron chi connectivity index (χ4n) is 3.94. The Morgan fingerprint density at radius 1 is 1.21 bits per heavy atom. The zero-order chi connectivity index (χ0) is 22.8. The van der Waals surface area contributed by atoms with E-state index in [1.807, 2.05) is 66.6 Å². The van der Waals surface area contributed by atoms with E-state index in [9.17, 15) is 4.79 Å². The molecule has 1 aromatic carbocycles. The van der Waals surface area contributed by atoms with Gasteiger partial charge in [0, 0.05) is 35.7 Å². The van der Waals surface area contributed by atoms with E-state index in [1.54, 1.807) is 18.6 Å².